The smallest absolute Gasteiger partial charge is 0.368 e. The van der Waals surface area contributed by atoms with Gasteiger partial charge in [-0.2, -0.15) is 13.2 Å². The summed E-state index contributed by atoms with van der Waals surface area (Å²) in [7, 11) is 0. The molecule has 1 aliphatic rings. The summed E-state index contributed by atoms with van der Waals surface area (Å²) in [5, 5.41) is 2.76. The van der Waals surface area contributed by atoms with Gasteiger partial charge in [0.2, 0.25) is 0 Å². The Balaban J connectivity index is 1.55. The van der Waals surface area contributed by atoms with Gasteiger partial charge in [-0.3, -0.25) is 9.78 Å². The molecule has 0 spiro atoms. The van der Waals surface area contributed by atoms with Gasteiger partial charge in [0.1, 0.15) is 11.5 Å². The Hall–Kier alpha value is -3.70. The zero-order chi connectivity index (χ0) is 24.3. The van der Waals surface area contributed by atoms with Gasteiger partial charge in [0, 0.05) is 50.7 Å². The molecule has 0 radical (unpaired) electrons. The predicted molar refractivity (Wildman–Crippen MR) is 112 cm³/mol. The van der Waals surface area contributed by atoms with Crippen molar-refractivity contribution in [1.29, 1.82) is 0 Å². The number of amides is 1. The second kappa shape index (κ2) is 9.27. The number of alkyl halides is 5. The van der Waals surface area contributed by atoms with E-state index in [-0.39, 0.29) is 30.4 Å². The van der Waals surface area contributed by atoms with Crippen LogP contribution in [0.1, 0.15) is 28.9 Å². The van der Waals surface area contributed by atoms with Crippen LogP contribution in [0.3, 0.4) is 0 Å². The molecule has 0 aromatic carbocycles. The van der Waals surface area contributed by atoms with Gasteiger partial charge >= 0.3 is 6.18 Å². The minimum Gasteiger partial charge on any atom is -0.368 e. The number of carbonyl (C=O) groups is 1. The van der Waals surface area contributed by atoms with Crippen molar-refractivity contribution >= 4 is 11.7 Å². The van der Waals surface area contributed by atoms with Gasteiger partial charge in [0.15, 0.2) is 5.82 Å². The number of carbonyl (C=O) groups excluding carboxylic acids is 1. The summed E-state index contributed by atoms with van der Waals surface area (Å²) in [4.78, 5) is 30.8. The van der Waals surface area contributed by atoms with Crippen LogP contribution < -0.4 is 5.32 Å². The van der Waals surface area contributed by atoms with Crippen molar-refractivity contribution in [2.24, 2.45) is 0 Å². The van der Waals surface area contributed by atoms with Crippen molar-refractivity contribution in [3.63, 3.8) is 0 Å². The zero-order valence-corrected chi connectivity index (χ0v) is 17.6. The number of hydrogen-bond acceptors (Lipinski definition) is 6. The van der Waals surface area contributed by atoms with Gasteiger partial charge in [-0.15, -0.1) is 0 Å². The fraction of sp³-hybridized carbons (Fsp3) is 0.318. The van der Waals surface area contributed by atoms with E-state index < -0.39 is 42.5 Å². The second-order valence-electron chi connectivity index (χ2n) is 7.75. The summed E-state index contributed by atoms with van der Waals surface area (Å²) in [6, 6.07) is 5.85. The Morgan fingerprint density at radius 3 is 2.47 bits per heavy atom. The SMILES string of the molecule is O=C(c1ncccc1-c1ncccn1)N1CCC(F)(F)CC1CNc1ccc(C(F)(F)F)cn1. The van der Waals surface area contributed by atoms with Crippen molar-refractivity contribution in [2.75, 3.05) is 18.4 Å². The molecular formula is C22H19F5N6O. The lowest BCUT2D eigenvalue weighted by Crippen LogP contribution is -2.52. The van der Waals surface area contributed by atoms with E-state index in [4.69, 9.17) is 0 Å². The Morgan fingerprint density at radius 2 is 1.79 bits per heavy atom. The molecule has 1 atom stereocenters. The average Bonchev–Trinajstić information content (AvgIpc) is 2.82. The minimum atomic E-state index is -4.54. The number of anilines is 1. The first-order valence-corrected chi connectivity index (χ1v) is 10.3. The second-order valence-corrected chi connectivity index (χ2v) is 7.75. The molecule has 12 heteroatoms. The van der Waals surface area contributed by atoms with Crippen LogP contribution in [0.4, 0.5) is 27.8 Å². The molecule has 4 heterocycles. The Morgan fingerprint density at radius 1 is 1.06 bits per heavy atom. The molecule has 1 unspecified atom stereocenters. The first-order chi connectivity index (χ1) is 16.1. The number of aromatic nitrogens is 4. The Labute approximate surface area is 191 Å². The van der Waals surface area contributed by atoms with Gasteiger partial charge in [0.05, 0.1) is 17.2 Å². The molecule has 0 saturated carbocycles. The number of halogens is 5. The molecule has 1 saturated heterocycles. The highest BCUT2D eigenvalue weighted by molar-refractivity contribution is 5.98. The normalized spacial score (nSPS) is 17.9. The van der Waals surface area contributed by atoms with E-state index in [0.29, 0.717) is 11.8 Å². The van der Waals surface area contributed by atoms with Crippen LogP contribution in [0.15, 0.2) is 55.1 Å². The van der Waals surface area contributed by atoms with Crippen LogP contribution in [-0.4, -0.2) is 55.8 Å². The van der Waals surface area contributed by atoms with Gasteiger partial charge in [-0.1, -0.05) is 0 Å². The van der Waals surface area contributed by atoms with Crippen LogP contribution in [-0.2, 0) is 6.18 Å². The highest BCUT2D eigenvalue weighted by Gasteiger charge is 2.43. The van der Waals surface area contributed by atoms with Gasteiger partial charge in [0.25, 0.3) is 11.8 Å². The number of nitrogens with zero attached hydrogens (tertiary/aromatic N) is 5. The maximum Gasteiger partial charge on any atom is 0.417 e. The zero-order valence-electron chi connectivity index (χ0n) is 17.6. The van der Waals surface area contributed by atoms with Crippen molar-refractivity contribution in [2.45, 2.75) is 31.0 Å². The lowest BCUT2D eigenvalue weighted by Gasteiger charge is -2.39. The Kier molecular flexibility index (Phi) is 6.40. The number of rotatable bonds is 5. The van der Waals surface area contributed by atoms with Crippen molar-refractivity contribution in [3.05, 3.63) is 66.4 Å². The third kappa shape index (κ3) is 5.26. The first kappa shape index (κ1) is 23.5. The number of likely N-dealkylation sites (tertiary alicyclic amines) is 1. The maximum atomic E-state index is 14.2. The van der Waals surface area contributed by atoms with E-state index in [1.807, 2.05) is 0 Å². The summed E-state index contributed by atoms with van der Waals surface area (Å²) in [6.45, 7) is -0.353. The van der Waals surface area contributed by atoms with E-state index in [0.717, 1.165) is 12.1 Å². The summed E-state index contributed by atoms with van der Waals surface area (Å²) in [5.74, 6) is -3.22. The molecule has 0 aliphatic carbocycles. The van der Waals surface area contributed by atoms with Crippen LogP contribution in [0.5, 0.6) is 0 Å². The number of pyridine rings is 2. The average molecular weight is 478 g/mol. The molecule has 3 aromatic heterocycles. The van der Waals surface area contributed by atoms with Crippen molar-refractivity contribution < 1.29 is 26.7 Å². The largest absolute Gasteiger partial charge is 0.417 e. The number of hydrogen-bond donors (Lipinski definition) is 1. The van der Waals surface area contributed by atoms with Gasteiger partial charge in [-0.25, -0.2) is 23.7 Å². The van der Waals surface area contributed by atoms with E-state index in [9.17, 15) is 26.7 Å². The molecule has 1 aliphatic heterocycles. The predicted octanol–water partition coefficient (Wildman–Crippen LogP) is 4.30. The first-order valence-electron chi connectivity index (χ1n) is 10.3. The Bertz CT molecular complexity index is 1140. The summed E-state index contributed by atoms with van der Waals surface area (Å²) in [6.07, 6.45) is -0.584. The molecule has 1 amide bonds. The maximum absolute atomic E-state index is 14.2. The highest BCUT2D eigenvalue weighted by atomic mass is 19.4. The van der Waals surface area contributed by atoms with E-state index in [1.165, 1.54) is 23.5 Å². The summed E-state index contributed by atoms with van der Waals surface area (Å²) >= 11 is 0. The van der Waals surface area contributed by atoms with Crippen molar-refractivity contribution in [1.82, 2.24) is 24.8 Å². The van der Waals surface area contributed by atoms with E-state index in [2.05, 4.69) is 25.3 Å². The molecule has 1 N–H and O–H groups in total. The number of piperidine rings is 1. The lowest BCUT2D eigenvalue weighted by molar-refractivity contribution is -0.137. The van der Waals surface area contributed by atoms with Crippen molar-refractivity contribution in [3.8, 4) is 11.4 Å². The lowest BCUT2D eigenvalue weighted by atomic mass is 9.97. The van der Waals surface area contributed by atoms with Crippen LogP contribution in [0.25, 0.3) is 11.4 Å². The van der Waals surface area contributed by atoms with E-state index >= 15 is 0 Å². The molecule has 0 bridgehead atoms. The van der Waals surface area contributed by atoms with Crippen LogP contribution in [0.2, 0.25) is 0 Å². The number of nitrogens with one attached hydrogen (secondary N) is 1. The summed E-state index contributed by atoms with van der Waals surface area (Å²) < 4.78 is 66.6. The van der Waals surface area contributed by atoms with E-state index in [1.54, 1.807) is 18.2 Å². The fourth-order valence-corrected chi connectivity index (χ4v) is 3.69. The third-order valence-electron chi connectivity index (χ3n) is 5.38. The molecule has 1 fully saturated rings. The standard InChI is InChI=1S/C22H19F5N6O/c23-21(24)6-10-33(15(11-21)13-32-17-5-4-14(12-31-17)22(25,26)27)20(34)18-16(3-1-7-28-18)19-29-8-2-9-30-19/h1-5,7-9,12,15H,6,10-11,13H2,(H,31,32). The molecule has 4 rings (SSSR count). The topological polar surface area (TPSA) is 83.9 Å². The summed E-state index contributed by atoms with van der Waals surface area (Å²) in [5.41, 5.74) is -0.539. The van der Waals surface area contributed by atoms with Crippen LogP contribution in [0, 0.1) is 0 Å². The molecule has 3 aromatic rings. The minimum absolute atomic E-state index is 0.0246. The highest BCUT2D eigenvalue weighted by Crippen LogP contribution is 2.34. The molecule has 7 nitrogen and oxygen atoms in total. The third-order valence-corrected chi connectivity index (χ3v) is 5.38. The molecular weight excluding hydrogens is 459 g/mol. The molecule has 34 heavy (non-hydrogen) atoms. The fourth-order valence-electron chi connectivity index (χ4n) is 3.69. The quantitative estimate of drug-likeness (QED) is 0.551. The van der Waals surface area contributed by atoms with Gasteiger partial charge < -0.3 is 10.2 Å². The van der Waals surface area contributed by atoms with Crippen LogP contribution >= 0.6 is 0 Å². The monoisotopic (exact) mass is 478 g/mol. The molecule has 178 valence electrons. The van der Waals surface area contributed by atoms with Gasteiger partial charge in [-0.05, 0) is 30.3 Å².